The zero-order valence-corrected chi connectivity index (χ0v) is 12.1. The molecular weight excluding hydrogens is 254 g/mol. The molecule has 0 aliphatic carbocycles. The Balaban J connectivity index is 1.77. The smallest absolute Gasteiger partial charge is 0.230 e. The lowest BCUT2D eigenvalue weighted by molar-refractivity contribution is -0.145. The molecule has 1 aromatic rings. The Morgan fingerprint density at radius 3 is 3.15 bits per heavy atom. The van der Waals surface area contributed by atoms with Crippen LogP contribution in [0.3, 0.4) is 0 Å². The van der Waals surface area contributed by atoms with Gasteiger partial charge in [0.15, 0.2) is 5.82 Å². The maximum Gasteiger partial charge on any atom is 0.230 e. The standard InChI is InChI=1S/C14H23N5O/c1-2-4-14(5-3-6-15-10-14)13(20)18-7-8-19-11-16-17-12(19)9-18/h11,15H,2-10H2,1H3. The summed E-state index contributed by atoms with van der Waals surface area (Å²) in [5, 5.41) is 11.4. The molecule has 1 fully saturated rings. The highest BCUT2D eigenvalue weighted by Crippen LogP contribution is 2.34. The van der Waals surface area contributed by atoms with Gasteiger partial charge < -0.3 is 14.8 Å². The summed E-state index contributed by atoms with van der Waals surface area (Å²) in [4.78, 5) is 15.0. The SMILES string of the molecule is CCCC1(C(=O)N2CCn3cnnc3C2)CCCNC1. The summed E-state index contributed by atoms with van der Waals surface area (Å²) in [7, 11) is 0. The first kappa shape index (κ1) is 13.5. The van der Waals surface area contributed by atoms with E-state index >= 15 is 0 Å². The molecule has 2 aliphatic rings. The lowest BCUT2D eigenvalue weighted by atomic mass is 9.75. The van der Waals surface area contributed by atoms with Crippen LogP contribution in [0.2, 0.25) is 0 Å². The van der Waals surface area contributed by atoms with Gasteiger partial charge in [-0.25, -0.2) is 0 Å². The van der Waals surface area contributed by atoms with Crippen molar-refractivity contribution in [1.29, 1.82) is 0 Å². The van der Waals surface area contributed by atoms with Crippen LogP contribution in [-0.4, -0.2) is 45.2 Å². The van der Waals surface area contributed by atoms with Crippen molar-refractivity contribution in [2.75, 3.05) is 19.6 Å². The highest BCUT2D eigenvalue weighted by atomic mass is 16.2. The Hall–Kier alpha value is -1.43. The lowest BCUT2D eigenvalue weighted by Gasteiger charge is -2.41. The van der Waals surface area contributed by atoms with Crippen LogP contribution in [0, 0.1) is 5.41 Å². The van der Waals surface area contributed by atoms with Gasteiger partial charge in [-0.05, 0) is 25.8 Å². The van der Waals surface area contributed by atoms with E-state index in [-0.39, 0.29) is 5.41 Å². The van der Waals surface area contributed by atoms with E-state index in [1.807, 2.05) is 9.47 Å². The molecule has 3 heterocycles. The minimum Gasteiger partial charge on any atom is -0.333 e. The number of rotatable bonds is 3. The average molecular weight is 277 g/mol. The topological polar surface area (TPSA) is 63.1 Å². The van der Waals surface area contributed by atoms with Gasteiger partial charge in [0.2, 0.25) is 5.91 Å². The van der Waals surface area contributed by atoms with Crippen LogP contribution >= 0.6 is 0 Å². The number of carbonyl (C=O) groups excluding carboxylic acids is 1. The molecule has 0 aromatic carbocycles. The number of carbonyl (C=O) groups is 1. The summed E-state index contributed by atoms with van der Waals surface area (Å²) < 4.78 is 2.04. The quantitative estimate of drug-likeness (QED) is 0.887. The van der Waals surface area contributed by atoms with Crippen LogP contribution in [0.5, 0.6) is 0 Å². The first-order valence-corrected chi connectivity index (χ1v) is 7.62. The molecule has 6 nitrogen and oxygen atoms in total. The summed E-state index contributed by atoms with van der Waals surface area (Å²) in [6.45, 7) is 6.20. The fourth-order valence-corrected chi connectivity index (χ4v) is 3.52. The molecule has 110 valence electrons. The Morgan fingerprint density at radius 1 is 1.50 bits per heavy atom. The Kier molecular flexibility index (Phi) is 3.74. The van der Waals surface area contributed by atoms with Gasteiger partial charge in [0.1, 0.15) is 6.33 Å². The molecule has 1 saturated heterocycles. The van der Waals surface area contributed by atoms with Crippen molar-refractivity contribution < 1.29 is 4.79 Å². The number of hydrogen-bond donors (Lipinski definition) is 1. The van der Waals surface area contributed by atoms with Crippen molar-refractivity contribution in [2.45, 2.75) is 45.7 Å². The minimum atomic E-state index is -0.199. The van der Waals surface area contributed by atoms with E-state index in [4.69, 9.17) is 0 Å². The maximum atomic E-state index is 13.0. The van der Waals surface area contributed by atoms with E-state index in [0.717, 1.165) is 57.7 Å². The molecule has 3 rings (SSSR count). The molecule has 20 heavy (non-hydrogen) atoms. The number of hydrogen-bond acceptors (Lipinski definition) is 4. The maximum absolute atomic E-state index is 13.0. The van der Waals surface area contributed by atoms with Gasteiger partial charge in [-0.1, -0.05) is 13.3 Å². The van der Waals surface area contributed by atoms with E-state index in [1.54, 1.807) is 6.33 Å². The third kappa shape index (κ3) is 2.32. The highest BCUT2D eigenvalue weighted by molar-refractivity contribution is 5.83. The summed E-state index contributed by atoms with van der Waals surface area (Å²) in [5.74, 6) is 1.21. The second kappa shape index (κ2) is 5.52. The van der Waals surface area contributed by atoms with Crippen LogP contribution in [-0.2, 0) is 17.9 Å². The summed E-state index contributed by atoms with van der Waals surface area (Å²) in [6.07, 6.45) is 5.88. The van der Waals surface area contributed by atoms with Crippen LogP contribution in [0.25, 0.3) is 0 Å². The van der Waals surface area contributed by atoms with Crippen molar-refractivity contribution in [3.63, 3.8) is 0 Å². The predicted molar refractivity (Wildman–Crippen MR) is 74.9 cm³/mol. The highest BCUT2D eigenvalue weighted by Gasteiger charge is 2.42. The van der Waals surface area contributed by atoms with Gasteiger partial charge >= 0.3 is 0 Å². The molecule has 6 heteroatoms. The molecule has 1 unspecified atom stereocenters. The molecule has 0 radical (unpaired) electrons. The first-order chi connectivity index (χ1) is 9.75. The Morgan fingerprint density at radius 2 is 2.40 bits per heavy atom. The summed E-state index contributed by atoms with van der Waals surface area (Å²) in [5.41, 5.74) is -0.199. The number of fused-ring (bicyclic) bond motifs is 1. The van der Waals surface area contributed by atoms with Crippen molar-refractivity contribution in [3.05, 3.63) is 12.2 Å². The van der Waals surface area contributed by atoms with Crippen molar-refractivity contribution in [1.82, 2.24) is 25.0 Å². The van der Waals surface area contributed by atoms with Crippen molar-refractivity contribution >= 4 is 5.91 Å². The van der Waals surface area contributed by atoms with Gasteiger partial charge in [0.25, 0.3) is 0 Å². The molecule has 1 amide bonds. The van der Waals surface area contributed by atoms with Gasteiger partial charge in [-0.3, -0.25) is 4.79 Å². The molecule has 1 aromatic heterocycles. The number of amides is 1. The van der Waals surface area contributed by atoms with Crippen LogP contribution in [0.4, 0.5) is 0 Å². The number of aromatic nitrogens is 3. The molecule has 1 N–H and O–H groups in total. The molecule has 2 aliphatic heterocycles. The van der Waals surface area contributed by atoms with Crippen LogP contribution in [0.15, 0.2) is 6.33 Å². The van der Waals surface area contributed by atoms with E-state index in [1.165, 1.54) is 0 Å². The van der Waals surface area contributed by atoms with Crippen LogP contribution < -0.4 is 5.32 Å². The second-order valence-corrected chi connectivity index (χ2v) is 5.98. The third-order valence-corrected chi connectivity index (χ3v) is 4.58. The van der Waals surface area contributed by atoms with E-state index in [9.17, 15) is 4.79 Å². The van der Waals surface area contributed by atoms with E-state index in [0.29, 0.717) is 12.5 Å². The van der Waals surface area contributed by atoms with E-state index < -0.39 is 0 Å². The Labute approximate surface area is 119 Å². The average Bonchev–Trinajstić information content (AvgIpc) is 2.95. The molecule has 0 saturated carbocycles. The first-order valence-electron chi connectivity index (χ1n) is 7.62. The van der Waals surface area contributed by atoms with Gasteiger partial charge in [-0.2, -0.15) is 0 Å². The predicted octanol–water partition coefficient (Wildman–Crippen LogP) is 0.790. The van der Waals surface area contributed by atoms with Crippen LogP contribution in [0.1, 0.15) is 38.4 Å². The van der Waals surface area contributed by atoms with Gasteiger partial charge in [0, 0.05) is 19.6 Å². The normalized spacial score (nSPS) is 26.4. The third-order valence-electron chi connectivity index (χ3n) is 4.58. The fraction of sp³-hybridized carbons (Fsp3) is 0.786. The summed E-state index contributed by atoms with van der Waals surface area (Å²) >= 11 is 0. The number of nitrogens with one attached hydrogen (secondary N) is 1. The lowest BCUT2D eigenvalue weighted by Crippen LogP contribution is -2.53. The molecule has 0 bridgehead atoms. The Bertz CT molecular complexity index is 472. The zero-order chi connectivity index (χ0) is 14.0. The van der Waals surface area contributed by atoms with Gasteiger partial charge in [0.05, 0.1) is 12.0 Å². The fourth-order valence-electron chi connectivity index (χ4n) is 3.52. The number of piperidine rings is 1. The summed E-state index contributed by atoms with van der Waals surface area (Å²) in [6, 6.07) is 0. The largest absolute Gasteiger partial charge is 0.333 e. The minimum absolute atomic E-state index is 0.199. The van der Waals surface area contributed by atoms with Crippen molar-refractivity contribution in [3.8, 4) is 0 Å². The van der Waals surface area contributed by atoms with Gasteiger partial charge in [-0.15, -0.1) is 10.2 Å². The number of nitrogens with zero attached hydrogens (tertiary/aromatic N) is 4. The zero-order valence-electron chi connectivity index (χ0n) is 12.1. The van der Waals surface area contributed by atoms with Crippen molar-refractivity contribution in [2.24, 2.45) is 5.41 Å². The van der Waals surface area contributed by atoms with E-state index in [2.05, 4.69) is 22.4 Å². The second-order valence-electron chi connectivity index (χ2n) is 5.98. The molecule has 1 atom stereocenters. The monoisotopic (exact) mass is 277 g/mol. The molecule has 0 spiro atoms. The molecular formula is C14H23N5O.